The Bertz CT molecular complexity index is 2880. The van der Waals surface area contributed by atoms with Gasteiger partial charge in [-0.25, -0.2) is 29.9 Å². The first-order valence-electron chi connectivity index (χ1n) is 23.4. The van der Waals surface area contributed by atoms with Crippen LogP contribution in [0.3, 0.4) is 0 Å². The summed E-state index contributed by atoms with van der Waals surface area (Å²) in [5.74, 6) is 5.72. The summed E-state index contributed by atoms with van der Waals surface area (Å²) in [6.07, 6.45) is 4.23. The number of benzene rings is 4. The molecule has 2 atom stereocenters. The fourth-order valence-electron chi connectivity index (χ4n) is 7.86. The first kappa shape index (κ1) is 49.8. The first-order chi connectivity index (χ1) is 32.5. The van der Waals surface area contributed by atoms with Crippen molar-refractivity contribution in [2.75, 3.05) is 7.11 Å². The molecular formula is C57H66N6O6. The maximum Gasteiger partial charge on any atom is 0.226 e. The molecule has 0 amide bonds. The van der Waals surface area contributed by atoms with E-state index < -0.39 is 0 Å². The molecule has 0 spiro atoms. The summed E-state index contributed by atoms with van der Waals surface area (Å²) >= 11 is 0. The van der Waals surface area contributed by atoms with Crippen molar-refractivity contribution in [3.8, 4) is 58.0 Å². The van der Waals surface area contributed by atoms with Crippen LogP contribution < -0.4 is 28.4 Å². The molecule has 0 aliphatic carbocycles. The van der Waals surface area contributed by atoms with E-state index in [4.69, 9.17) is 28.4 Å². The van der Waals surface area contributed by atoms with Crippen LogP contribution >= 0.6 is 0 Å². The topological polar surface area (TPSA) is 133 Å². The van der Waals surface area contributed by atoms with Crippen LogP contribution in [0.4, 0.5) is 0 Å². The van der Waals surface area contributed by atoms with E-state index in [0.717, 1.165) is 45.1 Å². The van der Waals surface area contributed by atoms with Crippen molar-refractivity contribution in [2.24, 2.45) is 0 Å². The zero-order valence-electron chi connectivity index (χ0n) is 42.8. The first-order valence-corrected chi connectivity index (χ1v) is 23.4. The van der Waals surface area contributed by atoms with E-state index in [9.17, 15) is 0 Å². The van der Waals surface area contributed by atoms with Gasteiger partial charge in [0.15, 0.2) is 0 Å². The van der Waals surface area contributed by atoms with E-state index in [1.807, 2.05) is 73.7 Å². The second-order valence-corrected chi connectivity index (χ2v) is 21.1. The van der Waals surface area contributed by atoms with Gasteiger partial charge in [-0.3, -0.25) is 0 Å². The smallest absolute Gasteiger partial charge is 0.226 e. The third kappa shape index (κ3) is 12.2. The van der Waals surface area contributed by atoms with E-state index in [1.54, 1.807) is 19.5 Å². The summed E-state index contributed by atoms with van der Waals surface area (Å²) in [4.78, 5) is 26.6. The van der Waals surface area contributed by atoms with Crippen molar-refractivity contribution in [1.82, 2.24) is 29.9 Å². The third-order valence-corrected chi connectivity index (χ3v) is 12.3. The van der Waals surface area contributed by atoms with Crippen molar-refractivity contribution in [3.63, 3.8) is 0 Å². The van der Waals surface area contributed by atoms with E-state index in [-0.39, 0.29) is 33.7 Å². The highest BCUT2D eigenvalue weighted by Gasteiger charge is 2.30. The van der Waals surface area contributed by atoms with Crippen LogP contribution in [0.2, 0.25) is 0 Å². The summed E-state index contributed by atoms with van der Waals surface area (Å²) in [6, 6.07) is 31.6. The number of aryl methyl sites for hydroxylation is 1. The second-order valence-electron chi connectivity index (χ2n) is 21.1. The molecule has 3 heterocycles. The van der Waals surface area contributed by atoms with Crippen LogP contribution in [0, 0.1) is 6.92 Å². The minimum absolute atomic E-state index is 0.121. The number of methoxy groups -OCH3 is 1. The molecule has 12 heteroatoms. The van der Waals surface area contributed by atoms with Crippen molar-refractivity contribution in [1.29, 1.82) is 0 Å². The Kier molecular flexibility index (Phi) is 14.3. The van der Waals surface area contributed by atoms with Gasteiger partial charge in [0.05, 0.1) is 18.9 Å². The van der Waals surface area contributed by atoms with Crippen molar-refractivity contribution in [3.05, 3.63) is 155 Å². The van der Waals surface area contributed by atoms with Crippen molar-refractivity contribution >= 4 is 0 Å². The standard InChI is InChI=1S/C57H66N6O6/c1-35-26-50(60-32-58-35)67-42-24-25-47(43(27-42)54(4,5)6)65-37(3)36(2)46-30-51(61-33-59-46)68-48-28-45(56(10,11)12)49(29-44(48)55(7,8)9)69-53-31-52(62-34-63-53)66-41-22-18-39(19-23-41)57(13,14)38-16-20-40(64-15)21-17-38/h16-34,36-37H,1-15H3. The number of ether oxygens (including phenoxy) is 6. The Morgan fingerprint density at radius 3 is 1.38 bits per heavy atom. The SMILES string of the molecule is COc1ccc(C(C)(C)c2ccc(Oc3cc(Oc4cc(C(C)(C)C)c(Oc5cc(C(C)C(C)Oc6ccc(Oc7cc(C)ncn7)cc6C(C)(C)C)ncn5)cc4C(C)(C)C)ncn3)cc2)cc1. The molecule has 0 radical (unpaired) electrons. The highest BCUT2D eigenvalue weighted by atomic mass is 16.5. The predicted octanol–water partition coefficient (Wildman–Crippen LogP) is 14.3. The monoisotopic (exact) mass is 931 g/mol. The fraction of sp³-hybridized carbons (Fsp3) is 0.368. The molecule has 7 aromatic rings. The van der Waals surface area contributed by atoms with E-state index in [1.165, 1.54) is 18.2 Å². The highest BCUT2D eigenvalue weighted by Crippen LogP contribution is 2.45. The molecule has 0 saturated heterocycles. The van der Waals surface area contributed by atoms with Gasteiger partial charge in [0.1, 0.15) is 59.6 Å². The Morgan fingerprint density at radius 1 is 0.420 bits per heavy atom. The molecule has 2 unspecified atom stereocenters. The van der Waals surface area contributed by atoms with Crippen LogP contribution in [0.5, 0.6) is 58.0 Å². The lowest BCUT2D eigenvalue weighted by molar-refractivity contribution is 0.189. The molecule has 360 valence electrons. The maximum atomic E-state index is 6.73. The van der Waals surface area contributed by atoms with Crippen LogP contribution in [0.25, 0.3) is 0 Å². The van der Waals surface area contributed by atoms with Gasteiger partial charge in [-0.05, 0) is 95.8 Å². The van der Waals surface area contributed by atoms with Gasteiger partial charge in [0, 0.05) is 45.8 Å². The van der Waals surface area contributed by atoms with Crippen LogP contribution in [-0.4, -0.2) is 43.1 Å². The van der Waals surface area contributed by atoms with Gasteiger partial charge in [-0.2, -0.15) is 0 Å². The van der Waals surface area contributed by atoms with Gasteiger partial charge in [-0.1, -0.05) is 107 Å². The molecule has 0 saturated carbocycles. The van der Waals surface area contributed by atoms with Crippen LogP contribution in [-0.2, 0) is 21.7 Å². The molecular weight excluding hydrogens is 865 g/mol. The van der Waals surface area contributed by atoms with Gasteiger partial charge >= 0.3 is 0 Å². The normalized spacial score (nSPS) is 13.0. The number of aromatic nitrogens is 6. The minimum Gasteiger partial charge on any atom is -0.497 e. The lowest BCUT2D eigenvalue weighted by Crippen LogP contribution is -2.23. The largest absolute Gasteiger partial charge is 0.497 e. The van der Waals surface area contributed by atoms with Gasteiger partial charge in [0.25, 0.3) is 0 Å². The van der Waals surface area contributed by atoms with Crippen LogP contribution in [0.15, 0.2) is 116 Å². The van der Waals surface area contributed by atoms with E-state index in [2.05, 4.69) is 144 Å². The Morgan fingerprint density at radius 2 is 0.855 bits per heavy atom. The minimum atomic E-state index is -0.346. The molecule has 69 heavy (non-hydrogen) atoms. The number of hydrogen-bond acceptors (Lipinski definition) is 12. The summed E-state index contributed by atoms with van der Waals surface area (Å²) in [7, 11) is 1.67. The quantitative estimate of drug-likeness (QED) is 0.0969. The molecule has 3 aromatic heterocycles. The summed E-state index contributed by atoms with van der Waals surface area (Å²) in [6.45, 7) is 29.8. The molecule has 0 bridgehead atoms. The average Bonchev–Trinajstić information content (AvgIpc) is 3.29. The molecule has 0 N–H and O–H groups in total. The van der Waals surface area contributed by atoms with E-state index in [0.29, 0.717) is 46.5 Å². The van der Waals surface area contributed by atoms with Crippen molar-refractivity contribution < 1.29 is 28.4 Å². The molecule has 12 nitrogen and oxygen atoms in total. The number of hydrogen-bond donors (Lipinski definition) is 0. The Hall–Kier alpha value is -7.08. The third-order valence-electron chi connectivity index (χ3n) is 12.3. The van der Waals surface area contributed by atoms with Gasteiger partial charge < -0.3 is 28.4 Å². The van der Waals surface area contributed by atoms with E-state index >= 15 is 0 Å². The second kappa shape index (κ2) is 19.9. The van der Waals surface area contributed by atoms with Crippen LogP contribution in [0.1, 0.15) is 135 Å². The number of nitrogens with zero attached hydrogens (tertiary/aromatic N) is 6. The summed E-state index contributed by atoms with van der Waals surface area (Å²) < 4.78 is 37.8. The Balaban J connectivity index is 1.09. The summed E-state index contributed by atoms with van der Waals surface area (Å²) in [5, 5.41) is 0. The lowest BCUT2D eigenvalue weighted by atomic mass is 9.78. The summed E-state index contributed by atoms with van der Waals surface area (Å²) in [5.41, 5.74) is 5.64. The molecule has 7 rings (SSSR count). The molecule has 0 aliphatic heterocycles. The van der Waals surface area contributed by atoms with Gasteiger partial charge in [-0.15, -0.1) is 0 Å². The molecule has 0 aliphatic rings. The zero-order valence-corrected chi connectivity index (χ0v) is 42.8. The number of rotatable bonds is 15. The highest BCUT2D eigenvalue weighted by molar-refractivity contribution is 5.54. The maximum absolute atomic E-state index is 6.73. The fourth-order valence-corrected chi connectivity index (χ4v) is 7.86. The van der Waals surface area contributed by atoms with Crippen molar-refractivity contribution in [2.45, 2.75) is 131 Å². The lowest BCUT2D eigenvalue weighted by Gasteiger charge is -2.29. The zero-order chi connectivity index (χ0) is 49.9. The Labute approximate surface area is 407 Å². The average molecular weight is 931 g/mol. The molecule has 4 aromatic carbocycles. The van der Waals surface area contributed by atoms with Gasteiger partial charge in [0.2, 0.25) is 23.5 Å². The molecule has 0 fully saturated rings. The predicted molar refractivity (Wildman–Crippen MR) is 270 cm³/mol.